The first kappa shape index (κ1) is 38.6. The molecule has 0 saturated carbocycles. The number of carbonyl (C=O) groups excluding carboxylic acids is 4. The zero-order valence-electron chi connectivity index (χ0n) is 29.2. The number of nitrogens with one attached hydrogen (secondary N) is 3. The van der Waals surface area contributed by atoms with Crippen molar-refractivity contribution in [1.82, 2.24) is 30.6 Å². The third-order valence-electron chi connectivity index (χ3n) is 8.05. The van der Waals surface area contributed by atoms with Crippen LogP contribution in [0.5, 0.6) is 0 Å². The summed E-state index contributed by atoms with van der Waals surface area (Å²) >= 11 is 6.12. The fourth-order valence-corrected chi connectivity index (χ4v) is 5.14. The van der Waals surface area contributed by atoms with Crippen molar-refractivity contribution in [3.8, 4) is 0 Å². The van der Waals surface area contributed by atoms with E-state index < -0.39 is 58.2 Å². The summed E-state index contributed by atoms with van der Waals surface area (Å²) in [7, 11) is 1.56. The zero-order valence-corrected chi connectivity index (χ0v) is 30.0. The maximum absolute atomic E-state index is 13.4. The Morgan fingerprint density at radius 3 is 2.42 bits per heavy atom. The first-order chi connectivity index (χ1) is 22.2. The molecule has 0 aliphatic carbocycles. The number of aliphatic hydroxyl groups is 1. The molecule has 3 amide bonds. The number of ether oxygens (including phenoxy) is 1. The van der Waals surface area contributed by atoms with Gasteiger partial charge in [0.15, 0.2) is 0 Å². The van der Waals surface area contributed by atoms with Crippen LogP contribution in [0, 0.1) is 11.3 Å². The predicted molar refractivity (Wildman–Crippen MR) is 184 cm³/mol. The van der Waals surface area contributed by atoms with Crippen molar-refractivity contribution < 1.29 is 29.0 Å². The highest BCUT2D eigenvalue weighted by Crippen LogP contribution is 2.22. The van der Waals surface area contributed by atoms with Gasteiger partial charge in [0.05, 0.1) is 21.2 Å². The van der Waals surface area contributed by atoms with Crippen LogP contribution in [0.15, 0.2) is 29.1 Å². The molecule has 14 heteroatoms. The van der Waals surface area contributed by atoms with E-state index in [9.17, 15) is 29.1 Å². The number of hydrazine groups is 1. The number of benzene rings is 1. The third kappa shape index (κ3) is 9.86. The first-order valence-corrected chi connectivity index (χ1v) is 16.5. The number of aromatic nitrogens is 2. The highest BCUT2D eigenvalue weighted by Gasteiger charge is 2.35. The Morgan fingerprint density at radius 2 is 1.81 bits per heavy atom. The Hall–Kier alpha value is -3.81. The molecular weight excluding hydrogens is 640 g/mol. The molecule has 1 saturated heterocycles. The van der Waals surface area contributed by atoms with Crippen LogP contribution in [0.4, 0.5) is 0 Å². The smallest absolute Gasteiger partial charge is 0.325 e. The van der Waals surface area contributed by atoms with Gasteiger partial charge in [-0.3, -0.25) is 33.5 Å². The molecule has 2 aromatic rings. The molecule has 1 aliphatic heterocycles. The van der Waals surface area contributed by atoms with Crippen LogP contribution in [0.2, 0.25) is 0 Å². The van der Waals surface area contributed by atoms with Crippen molar-refractivity contribution in [1.29, 1.82) is 0 Å². The van der Waals surface area contributed by atoms with Crippen molar-refractivity contribution in [2.24, 2.45) is 18.4 Å². The number of rotatable bonds is 12. The summed E-state index contributed by atoms with van der Waals surface area (Å²) < 4.78 is 6.61. The molecule has 4 atom stereocenters. The van der Waals surface area contributed by atoms with Crippen molar-refractivity contribution in [2.45, 2.75) is 97.3 Å². The lowest BCUT2D eigenvalue weighted by Gasteiger charge is -2.35. The lowest BCUT2D eigenvalue weighted by Crippen LogP contribution is -2.61. The van der Waals surface area contributed by atoms with E-state index in [2.05, 4.69) is 21.0 Å². The lowest BCUT2D eigenvalue weighted by molar-refractivity contribution is -0.153. The van der Waals surface area contributed by atoms with Gasteiger partial charge >= 0.3 is 5.97 Å². The van der Waals surface area contributed by atoms with Gasteiger partial charge < -0.3 is 20.5 Å². The van der Waals surface area contributed by atoms with Crippen LogP contribution >= 0.6 is 11.6 Å². The number of hydrogen-bond acceptors (Lipinski definition) is 9. The Labute approximate surface area is 286 Å². The Balaban J connectivity index is 1.66. The summed E-state index contributed by atoms with van der Waals surface area (Å²) in [4.78, 5) is 69.0. The number of alkyl halides is 1. The molecule has 13 nitrogen and oxygen atoms in total. The first-order valence-electron chi connectivity index (χ1n) is 16.1. The van der Waals surface area contributed by atoms with Crippen LogP contribution in [0.1, 0.15) is 85.7 Å². The zero-order chi connectivity index (χ0) is 36.1. The van der Waals surface area contributed by atoms with Gasteiger partial charge in [-0.25, -0.2) is 10.4 Å². The number of amides is 3. The molecule has 0 radical (unpaired) electrons. The molecular formula is C34H49ClN6O7. The molecule has 1 aromatic carbocycles. The Kier molecular flexibility index (Phi) is 12.6. The number of aliphatic hydroxyl groups excluding tert-OH is 1. The van der Waals surface area contributed by atoms with E-state index in [4.69, 9.17) is 16.3 Å². The van der Waals surface area contributed by atoms with Gasteiger partial charge in [0.2, 0.25) is 11.8 Å². The number of carbonyl (C=O) groups is 4. The second-order valence-corrected chi connectivity index (χ2v) is 14.9. The van der Waals surface area contributed by atoms with E-state index >= 15 is 0 Å². The molecule has 1 aliphatic rings. The quantitative estimate of drug-likeness (QED) is 0.193. The summed E-state index contributed by atoms with van der Waals surface area (Å²) in [6.07, 6.45) is 3.54. The Bertz CT molecular complexity index is 1610. The fraction of sp³-hybridized carbons (Fsp3) is 0.588. The second-order valence-electron chi connectivity index (χ2n) is 13.9. The molecule has 264 valence electrons. The van der Waals surface area contributed by atoms with E-state index in [1.165, 1.54) is 16.5 Å². The molecule has 48 heavy (non-hydrogen) atoms. The molecule has 0 bridgehead atoms. The minimum atomic E-state index is -1.05. The van der Waals surface area contributed by atoms with Gasteiger partial charge in [-0.2, -0.15) is 0 Å². The molecule has 0 unspecified atom stereocenters. The van der Waals surface area contributed by atoms with Crippen molar-refractivity contribution in [3.05, 3.63) is 46.0 Å². The highest BCUT2D eigenvalue weighted by atomic mass is 35.5. The van der Waals surface area contributed by atoms with Crippen molar-refractivity contribution in [3.63, 3.8) is 0 Å². The molecule has 0 spiro atoms. The van der Waals surface area contributed by atoms with Gasteiger partial charge in [0.1, 0.15) is 36.7 Å². The van der Waals surface area contributed by atoms with Crippen LogP contribution in [-0.4, -0.2) is 79.5 Å². The van der Waals surface area contributed by atoms with Crippen LogP contribution in [0.25, 0.3) is 17.0 Å². The SMILES string of the molecule is CC(C)[C@H](NC(=O)C(C)(C)/C=C/c1ccc2c(=O)n(C)c([C@@H](C)O)nc2c1)C(=O)N[C@@H](C)C(=O)N1CCC[C@@H](C(=O)OCC(C)(C)Cl)N1. The minimum absolute atomic E-state index is 0.0236. The lowest BCUT2D eigenvalue weighted by atomic mass is 9.89. The van der Waals surface area contributed by atoms with E-state index in [0.29, 0.717) is 35.9 Å². The summed E-state index contributed by atoms with van der Waals surface area (Å²) in [5.74, 6) is -1.93. The molecule has 1 aromatic heterocycles. The van der Waals surface area contributed by atoms with E-state index in [1.54, 1.807) is 85.9 Å². The standard InChI is InChI=1S/C34H49ClN6O7/c1-19(2)26(28(43)36-20(3)29(44)41-16-10-11-24(39-41)31(46)48-18-34(7,8)35)38-32(47)33(5,6)15-14-22-12-13-23-25(17-22)37-27(21(4)42)40(9)30(23)45/h12-15,17,19-21,24,26,39,42H,10-11,16,18H2,1-9H3,(H,36,43)(H,38,47)/b15-14+/t20-,21+,24-,26-/m0/s1. The number of halogens is 1. The average molecular weight is 689 g/mol. The molecule has 4 N–H and O–H groups in total. The second kappa shape index (κ2) is 15.6. The number of hydrogen-bond donors (Lipinski definition) is 4. The normalized spacial score (nSPS) is 17.7. The van der Waals surface area contributed by atoms with Gasteiger partial charge in [0, 0.05) is 13.6 Å². The number of esters is 1. The van der Waals surface area contributed by atoms with E-state index in [0.717, 1.165) is 0 Å². The summed E-state index contributed by atoms with van der Waals surface area (Å²) in [5, 5.41) is 17.3. The number of nitrogens with zero attached hydrogens (tertiary/aromatic N) is 3. The predicted octanol–water partition coefficient (Wildman–Crippen LogP) is 2.73. The van der Waals surface area contributed by atoms with E-state index in [-0.39, 0.29) is 23.9 Å². The van der Waals surface area contributed by atoms with Gasteiger partial charge in [-0.05, 0) is 78.0 Å². The van der Waals surface area contributed by atoms with Gasteiger partial charge in [-0.1, -0.05) is 32.1 Å². The van der Waals surface area contributed by atoms with Crippen LogP contribution in [-0.2, 0) is 31.0 Å². The average Bonchev–Trinajstić information content (AvgIpc) is 3.01. The van der Waals surface area contributed by atoms with Gasteiger partial charge in [-0.15, -0.1) is 11.6 Å². The summed E-state index contributed by atoms with van der Waals surface area (Å²) in [5.41, 5.74) is 2.69. The molecule has 2 heterocycles. The summed E-state index contributed by atoms with van der Waals surface area (Å²) in [6, 6.07) is 2.50. The maximum atomic E-state index is 13.4. The third-order valence-corrected chi connectivity index (χ3v) is 8.16. The molecule has 1 fully saturated rings. The Morgan fingerprint density at radius 1 is 1.15 bits per heavy atom. The monoisotopic (exact) mass is 688 g/mol. The summed E-state index contributed by atoms with van der Waals surface area (Å²) in [6.45, 7) is 13.9. The fourth-order valence-electron chi connectivity index (χ4n) is 5.08. The van der Waals surface area contributed by atoms with Crippen molar-refractivity contribution >= 4 is 52.3 Å². The highest BCUT2D eigenvalue weighted by molar-refractivity contribution is 6.23. The topological polar surface area (TPSA) is 172 Å². The van der Waals surface area contributed by atoms with Crippen molar-refractivity contribution in [2.75, 3.05) is 13.2 Å². The minimum Gasteiger partial charge on any atom is -0.463 e. The largest absolute Gasteiger partial charge is 0.463 e. The van der Waals surface area contributed by atoms with Crippen LogP contribution in [0.3, 0.4) is 0 Å². The van der Waals surface area contributed by atoms with Crippen LogP contribution < -0.4 is 21.6 Å². The van der Waals surface area contributed by atoms with E-state index in [1.807, 2.05) is 0 Å². The van der Waals surface area contributed by atoms with Gasteiger partial charge in [0.25, 0.3) is 11.5 Å². The maximum Gasteiger partial charge on any atom is 0.325 e. The number of fused-ring (bicyclic) bond motifs is 1. The molecule has 3 rings (SSSR count).